The van der Waals surface area contributed by atoms with Crippen LogP contribution < -0.4 is 0 Å². The van der Waals surface area contributed by atoms with Crippen LogP contribution in [0.2, 0.25) is 0 Å². The van der Waals surface area contributed by atoms with Crippen LogP contribution in [0, 0.1) is 0 Å². The average molecular weight is 362 g/mol. The molecule has 0 aromatic rings. The van der Waals surface area contributed by atoms with Crippen molar-refractivity contribution in [1.29, 1.82) is 0 Å². The summed E-state index contributed by atoms with van der Waals surface area (Å²) in [5.74, 6) is -0.408. The van der Waals surface area contributed by atoms with E-state index in [9.17, 15) is 9.59 Å². The van der Waals surface area contributed by atoms with E-state index in [2.05, 4.69) is 6.92 Å². The highest BCUT2D eigenvalue weighted by molar-refractivity contribution is 5.69. The summed E-state index contributed by atoms with van der Waals surface area (Å²) in [5, 5.41) is 0. The molecular weight excluding hydrogens is 328 g/mol. The fourth-order valence-corrected chi connectivity index (χ4v) is 1.91. The lowest BCUT2D eigenvalue weighted by atomic mass is 10.2. The van der Waals surface area contributed by atoms with E-state index in [1.54, 1.807) is 6.92 Å². The molecule has 0 rings (SSSR count). The van der Waals surface area contributed by atoms with Crippen molar-refractivity contribution in [3.63, 3.8) is 0 Å². The molecule has 0 amide bonds. The van der Waals surface area contributed by atoms with E-state index in [1.165, 1.54) is 0 Å². The van der Waals surface area contributed by atoms with Crippen LogP contribution in [0.1, 0.15) is 52.4 Å². The number of rotatable bonds is 18. The third-order valence-electron chi connectivity index (χ3n) is 3.23. The number of unbranched alkanes of at least 4 members (excludes halogenated alkanes) is 3. The highest BCUT2D eigenvalue weighted by Gasteiger charge is 2.02. The van der Waals surface area contributed by atoms with Gasteiger partial charge in [0.05, 0.1) is 52.7 Å². The molecule has 0 aliphatic carbocycles. The third-order valence-corrected chi connectivity index (χ3v) is 3.23. The van der Waals surface area contributed by atoms with Crippen LogP contribution in [0.25, 0.3) is 0 Å². The third kappa shape index (κ3) is 19.0. The van der Waals surface area contributed by atoms with Crippen molar-refractivity contribution in [3.8, 4) is 0 Å². The Bertz CT molecular complexity index is 321. The van der Waals surface area contributed by atoms with Gasteiger partial charge in [-0.05, 0) is 13.3 Å². The van der Waals surface area contributed by atoms with E-state index < -0.39 is 0 Å². The second kappa shape index (κ2) is 19.1. The first kappa shape index (κ1) is 23.8. The van der Waals surface area contributed by atoms with Crippen LogP contribution >= 0.6 is 0 Å². The zero-order valence-corrected chi connectivity index (χ0v) is 15.8. The summed E-state index contributed by atoms with van der Waals surface area (Å²) in [5.41, 5.74) is 0. The largest absolute Gasteiger partial charge is 0.466 e. The van der Waals surface area contributed by atoms with Gasteiger partial charge in [-0.3, -0.25) is 9.59 Å². The zero-order chi connectivity index (χ0) is 18.6. The summed E-state index contributed by atoms with van der Waals surface area (Å²) >= 11 is 0. The van der Waals surface area contributed by atoms with Crippen molar-refractivity contribution in [3.05, 3.63) is 0 Å². The van der Waals surface area contributed by atoms with Crippen molar-refractivity contribution in [2.24, 2.45) is 0 Å². The Morgan fingerprint density at radius 1 is 0.600 bits per heavy atom. The van der Waals surface area contributed by atoms with Crippen molar-refractivity contribution >= 4 is 11.9 Å². The second-order valence-corrected chi connectivity index (χ2v) is 5.42. The molecule has 7 nitrogen and oxygen atoms in total. The Kier molecular flexibility index (Phi) is 18.2. The summed E-state index contributed by atoms with van der Waals surface area (Å²) in [4.78, 5) is 22.4. The topological polar surface area (TPSA) is 80.3 Å². The van der Waals surface area contributed by atoms with Crippen molar-refractivity contribution in [2.75, 3.05) is 52.9 Å². The van der Waals surface area contributed by atoms with E-state index in [0.717, 1.165) is 25.7 Å². The van der Waals surface area contributed by atoms with Gasteiger partial charge in [0.1, 0.15) is 6.61 Å². The van der Waals surface area contributed by atoms with Gasteiger partial charge >= 0.3 is 11.9 Å². The molecular formula is C18H34O7. The lowest BCUT2D eigenvalue weighted by Crippen LogP contribution is -2.14. The average Bonchev–Trinajstić information content (AvgIpc) is 2.60. The molecule has 0 aliphatic rings. The molecule has 0 spiro atoms. The normalized spacial score (nSPS) is 10.6. The molecule has 0 radical (unpaired) electrons. The fraction of sp³-hybridized carbons (Fsp3) is 0.889. The van der Waals surface area contributed by atoms with E-state index in [-0.39, 0.29) is 25.0 Å². The number of hydrogen-bond donors (Lipinski definition) is 0. The van der Waals surface area contributed by atoms with Crippen LogP contribution in [0.15, 0.2) is 0 Å². The summed E-state index contributed by atoms with van der Waals surface area (Å²) in [6.45, 7) is 7.05. The standard InChI is InChI=1S/C18H34O7/c1-3-5-6-7-8-17(19)25-16-15-23-14-13-22-12-11-21-10-9-18(20)24-4-2/h3-16H2,1-2H3. The predicted molar refractivity (Wildman–Crippen MR) is 93.4 cm³/mol. The molecule has 0 aliphatic heterocycles. The fourth-order valence-electron chi connectivity index (χ4n) is 1.91. The molecule has 148 valence electrons. The molecule has 0 aromatic carbocycles. The first-order valence-electron chi connectivity index (χ1n) is 9.25. The lowest BCUT2D eigenvalue weighted by molar-refractivity contribution is -0.146. The molecule has 0 fully saturated rings. The van der Waals surface area contributed by atoms with Gasteiger partial charge in [-0.2, -0.15) is 0 Å². The Morgan fingerprint density at radius 3 is 1.76 bits per heavy atom. The zero-order valence-electron chi connectivity index (χ0n) is 15.8. The first-order chi connectivity index (χ1) is 12.2. The van der Waals surface area contributed by atoms with Gasteiger partial charge in [0.25, 0.3) is 0 Å². The summed E-state index contributed by atoms with van der Waals surface area (Å²) < 4.78 is 25.7. The van der Waals surface area contributed by atoms with Gasteiger partial charge in [-0.1, -0.05) is 26.2 Å². The molecule has 0 aromatic heterocycles. The minimum atomic E-state index is -0.251. The molecule has 0 heterocycles. The van der Waals surface area contributed by atoms with Crippen molar-refractivity contribution in [1.82, 2.24) is 0 Å². The molecule has 0 bridgehead atoms. The van der Waals surface area contributed by atoms with Crippen molar-refractivity contribution < 1.29 is 33.3 Å². The maximum absolute atomic E-state index is 11.4. The number of carbonyl (C=O) groups is 2. The lowest BCUT2D eigenvalue weighted by Gasteiger charge is -2.07. The highest BCUT2D eigenvalue weighted by atomic mass is 16.6. The van der Waals surface area contributed by atoms with Crippen LogP contribution in [0.4, 0.5) is 0 Å². The van der Waals surface area contributed by atoms with Crippen LogP contribution in [0.5, 0.6) is 0 Å². The minimum Gasteiger partial charge on any atom is -0.466 e. The van der Waals surface area contributed by atoms with Crippen LogP contribution in [-0.2, 0) is 33.3 Å². The monoisotopic (exact) mass is 362 g/mol. The number of ether oxygens (including phenoxy) is 5. The molecule has 25 heavy (non-hydrogen) atoms. The SMILES string of the molecule is CCCCCCC(=O)OCCOCCOCCOCCC(=O)OCC. The number of carbonyl (C=O) groups excluding carboxylic acids is 2. The van der Waals surface area contributed by atoms with Crippen LogP contribution in [0.3, 0.4) is 0 Å². The maximum atomic E-state index is 11.4. The van der Waals surface area contributed by atoms with E-state index in [4.69, 9.17) is 23.7 Å². The van der Waals surface area contributed by atoms with Gasteiger partial charge in [0.15, 0.2) is 0 Å². The summed E-state index contributed by atoms with van der Waals surface area (Å²) in [7, 11) is 0. The molecule has 0 saturated carbocycles. The van der Waals surface area contributed by atoms with Gasteiger partial charge in [0, 0.05) is 6.42 Å². The molecule has 0 atom stereocenters. The smallest absolute Gasteiger partial charge is 0.308 e. The van der Waals surface area contributed by atoms with Gasteiger partial charge in [0.2, 0.25) is 0 Å². The van der Waals surface area contributed by atoms with Crippen molar-refractivity contribution in [2.45, 2.75) is 52.4 Å². The highest BCUT2D eigenvalue weighted by Crippen LogP contribution is 2.03. The molecule has 0 saturated heterocycles. The second-order valence-electron chi connectivity index (χ2n) is 5.42. The summed E-state index contributed by atoms with van der Waals surface area (Å²) in [6.07, 6.45) is 5.03. The van der Waals surface area contributed by atoms with E-state index >= 15 is 0 Å². The van der Waals surface area contributed by atoms with Gasteiger partial charge in [-0.25, -0.2) is 0 Å². The first-order valence-corrected chi connectivity index (χ1v) is 9.25. The van der Waals surface area contributed by atoms with E-state index in [0.29, 0.717) is 52.7 Å². The molecule has 0 unspecified atom stereocenters. The number of esters is 2. The minimum absolute atomic E-state index is 0.157. The van der Waals surface area contributed by atoms with Gasteiger partial charge < -0.3 is 23.7 Å². The number of hydrogen-bond acceptors (Lipinski definition) is 7. The van der Waals surface area contributed by atoms with E-state index in [1.807, 2.05) is 0 Å². The quantitative estimate of drug-likeness (QED) is 0.274. The summed E-state index contributed by atoms with van der Waals surface area (Å²) in [6, 6.07) is 0. The predicted octanol–water partition coefficient (Wildman–Crippen LogP) is 2.50. The Morgan fingerprint density at radius 2 is 1.16 bits per heavy atom. The van der Waals surface area contributed by atoms with Gasteiger partial charge in [-0.15, -0.1) is 0 Å². The molecule has 7 heteroatoms. The van der Waals surface area contributed by atoms with Crippen LogP contribution in [-0.4, -0.2) is 64.8 Å². The molecule has 0 N–H and O–H groups in total. The Balaban J connectivity index is 3.16. The Labute approximate surface area is 151 Å². The maximum Gasteiger partial charge on any atom is 0.308 e. The Hall–Kier alpha value is -1.18.